The smallest absolute Gasteiger partial charge is 0.0213 e. The van der Waals surface area contributed by atoms with Gasteiger partial charge < -0.3 is 22.3 Å². The van der Waals surface area contributed by atoms with Crippen molar-refractivity contribution in [2.24, 2.45) is 0 Å². The van der Waals surface area contributed by atoms with Crippen molar-refractivity contribution < 1.29 is 21.7 Å². The normalized spacial score (nSPS) is 8.11. The van der Waals surface area contributed by atoms with Gasteiger partial charge in [-0.1, -0.05) is 13.1 Å². The molecule has 1 aromatic rings. The van der Waals surface area contributed by atoms with E-state index in [4.69, 9.17) is 0 Å². The van der Waals surface area contributed by atoms with Gasteiger partial charge in [0, 0.05) is 31.2 Å². The Kier molecular flexibility index (Phi) is 96.2. The zero-order chi connectivity index (χ0) is 9.78. The number of hydrogen-bond donors (Lipinski definition) is 0. The first-order valence-corrected chi connectivity index (χ1v) is 7.75. The fourth-order valence-electron chi connectivity index (χ4n) is 0.581. The van der Waals surface area contributed by atoms with E-state index in [1.165, 1.54) is 0 Å². The van der Waals surface area contributed by atoms with Gasteiger partial charge in [-0.25, -0.2) is 18.2 Å². The van der Waals surface area contributed by atoms with Gasteiger partial charge in [-0.2, -0.15) is 23.7 Å². The predicted octanol–water partition coefficient (Wildman–Crippen LogP) is 5.53. The molecule has 2 rings (SSSR count). The van der Waals surface area contributed by atoms with Gasteiger partial charge in [-0.3, -0.25) is 14.3 Å². The zero-order valence-corrected chi connectivity index (χ0v) is 17.9. The third-order valence-corrected chi connectivity index (χ3v) is 1.72. The predicted molar refractivity (Wildman–Crippen MR) is 99.0 cm³/mol. The van der Waals surface area contributed by atoms with Crippen molar-refractivity contribution in [1.82, 2.24) is 0 Å². The standard InChI is InChI=1S/C5H5.C4H4P.C2H7Si.3CH3.2ClH.Ti/c2*1-2-4-5-3-1;1-3-2;;;;;;/h1-3H,4H2;1-3,5H;3H,1-2H3;3*1H3;2*1H;/q2*-1;;3*-1;;;. The average molecular weight is 373 g/mol. The Bertz CT molecular complexity index is 200. The summed E-state index contributed by atoms with van der Waals surface area (Å²) in [5, 5.41) is 0. The van der Waals surface area contributed by atoms with E-state index in [0.29, 0.717) is 0 Å². The van der Waals surface area contributed by atoms with Crippen LogP contribution in [0, 0.1) is 34.2 Å². The van der Waals surface area contributed by atoms with E-state index in [2.05, 4.69) is 36.8 Å². The van der Waals surface area contributed by atoms with Crippen molar-refractivity contribution in [1.29, 1.82) is 0 Å². The monoisotopic (exact) mass is 372 g/mol. The maximum absolute atomic E-state index is 3.01. The second kappa shape index (κ2) is 42.8. The van der Waals surface area contributed by atoms with E-state index in [1.54, 1.807) is 0 Å². The van der Waals surface area contributed by atoms with E-state index < -0.39 is 0 Å². The van der Waals surface area contributed by atoms with E-state index in [1.807, 2.05) is 24.3 Å². The fraction of sp³-hybridized carbons (Fsp3) is 0.214. The molecule has 0 N–H and O–H groups in total. The zero-order valence-electron chi connectivity index (χ0n) is 12.6. The van der Waals surface area contributed by atoms with Crippen LogP contribution in [0.4, 0.5) is 0 Å². The average Bonchev–Trinajstić information content (AvgIpc) is 2.85. The summed E-state index contributed by atoms with van der Waals surface area (Å²) in [4.78, 5) is 0. The van der Waals surface area contributed by atoms with Crippen LogP contribution in [-0.4, -0.2) is 9.52 Å². The van der Waals surface area contributed by atoms with Gasteiger partial charge >= 0.3 is 0 Å². The topological polar surface area (TPSA) is 0 Å². The van der Waals surface area contributed by atoms with E-state index in [0.717, 1.165) is 24.1 Å². The minimum atomic E-state index is 0. The van der Waals surface area contributed by atoms with Gasteiger partial charge in [0.15, 0.2) is 0 Å². The minimum absolute atomic E-state index is 0. The molecule has 0 aromatic carbocycles. The number of hydrogen-bond acceptors (Lipinski definition) is 0. The van der Waals surface area contributed by atoms with Gasteiger partial charge in [0.1, 0.15) is 0 Å². The van der Waals surface area contributed by atoms with Crippen molar-refractivity contribution in [3.63, 3.8) is 0 Å². The molecule has 0 saturated heterocycles. The van der Waals surface area contributed by atoms with Crippen molar-refractivity contribution in [3.05, 3.63) is 70.3 Å². The van der Waals surface area contributed by atoms with Crippen LogP contribution < -0.4 is 0 Å². The molecule has 0 amide bonds. The molecule has 1 heterocycles. The van der Waals surface area contributed by atoms with E-state index in [9.17, 15) is 0 Å². The Morgan fingerprint density at radius 1 is 1.11 bits per heavy atom. The molecule has 1 aliphatic rings. The van der Waals surface area contributed by atoms with Crippen molar-refractivity contribution in [2.75, 3.05) is 0 Å². The molecule has 115 valence electrons. The Labute approximate surface area is 153 Å². The molecular weight excluding hydrogens is 346 g/mol. The third kappa shape index (κ3) is 45.5. The Balaban J connectivity index is -0.0000000201. The first-order chi connectivity index (χ1) is 6.41. The molecule has 0 saturated carbocycles. The Morgan fingerprint density at radius 2 is 1.63 bits per heavy atom. The number of halogens is 2. The van der Waals surface area contributed by atoms with Gasteiger partial charge in [-0.05, 0) is 0 Å². The molecule has 1 atom stereocenters. The maximum atomic E-state index is 3.01. The SMILES string of the molecule is C[SiH]C.Cl.Cl.[C-]1=CC=CC1.[CH3-].[CH3-].[CH3-].[Ti].[c-]1ccc[pH]1. The number of allylic oxidation sites excluding steroid dienone is 4. The largest absolute Gasteiger partial charge is 0.358 e. The molecule has 19 heavy (non-hydrogen) atoms. The summed E-state index contributed by atoms with van der Waals surface area (Å²) in [5.41, 5.74) is 0. The fourth-order valence-corrected chi connectivity index (χ4v) is 1.06. The van der Waals surface area contributed by atoms with Crippen molar-refractivity contribution >= 4 is 42.5 Å². The molecule has 0 bridgehead atoms. The van der Waals surface area contributed by atoms with Crippen molar-refractivity contribution in [3.8, 4) is 0 Å². The summed E-state index contributed by atoms with van der Waals surface area (Å²) in [7, 11) is 1.57. The maximum Gasteiger partial charge on any atom is 0.0213 e. The van der Waals surface area contributed by atoms with Crippen LogP contribution in [0.25, 0.3) is 0 Å². The van der Waals surface area contributed by atoms with Crippen LogP contribution in [0.2, 0.25) is 13.1 Å². The summed E-state index contributed by atoms with van der Waals surface area (Å²) in [6.45, 7) is 4.42. The molecule has 1 unspecified atom stereocenters. The summed E-state index contributed by atoms with van der Waals surface area (Å²) < 4.78 is 0. The Hall–Kier alpha value is 0.771. The van der Waals surface area contributed by atoms with Crippen LogP contribution in [0.5, 0.6) is 0 Å². The van der Waals surface area contributed by atoms with Crippen LogP contribution in [-0.2, 0) is 21.7 Å². The first-order valence-electron chi connectivity index (χ1n) is 4.37. The van der Waals surface area contributed by atoms with E-state index >= 15 is 0 Å². The quantitative estimate of drug-likeness (QED) is 0.414. The molecular formula is C14H27Cl2PSiTi-5. The second-order valence-corrected chi connectivity index (χ2v) is 4.46. The van der Waals surface area contributed by atoms with Crippen LogP contribution in [0.3, 0.4) is 0 Å². The minimum Gasteiger partial charge on any atom is -0.358 e. The molecule has 0 spiro atoms. The molecule has 1 aromatic heterocycles. The molecule has 0 aliphatic heterocycles. The van der Waals surface area contributed by atoms with Gasteiger partial charge in [0.05, 0.1) is 0 Å². The summed E-state index contributed by atoms with van der Waals surface area (Å²) in [6.07, 6.45) is 10.0. The van der Waals surface area contributed by atoms with Crippen LogP contribution >= 0.6 is 33.0 Å². The van der Waals surface area contributed by atoms with Crippen LogP contribution in [0.15, 0.2) is 36.2 Å². The molecule has 0 nitrogen and oxygen atoms in total. The Morgan fingerprint density at radius 3 is 1.74 bits per heavy atom. The molecule has 0 fully saturated rings. The first kappa shape index (κ1) is 42.7. The third-order valence-electron chi connectivity index (χ3n) is 1.03. The van der Waals surface area contributed by atoms with Gasteiger partial charge in [0.2, 0.25) is 0 Å². The van der Waals surface area contributed by atoms with E-state index in [-0.39, 0.29) is 68.8 Å². The summed E-state index contributed by atoms with van der Waals surface area (Å²) >= 11 is 0. The van der Waals surface area contributed by atoms with Crippen LogP contribution in [0.1, 0.15) is 6.42 Å². The van der Waals surface area contributed by atoms with Gasteiger partial charge in [0.25, 0.3) is 0 Å². The molecule has 5 heteroatoms. The second-order valence-electron chi connectivity index (χ2n) is 2.39. The van der Waals surface area contributed by atoms with Gasteiger partial charge in [-0.15, -0.1) is 31.2 Å². The molecule has 1 aliphatic carbocycles. The number of rotatable bonds is 0. The molecule has 1 radical (unpaired) electrons. The van der Waals surface area contributed by atoms with Crippen molar-refractivity contribution in [2.45, 2.75) is 19.5 Å². The summed E-state index contributed by atoms with van der Waals surface area (Å²) in [5.74, 6) is 5.11. The summed E-state index contributed by atoms with van der Waals surface area (Å²) in [6, 6.07) is 3.96.